The number of amides is 1. The molecule has 0 saturated carbocycles. The highest BCUT2D eigenvalue weighted by molar-refractivity contribution is 5.85. The highest BCUT2D eigenvalue weighted by atomic mass is 35.5. The van der Waals surface area contributed by atoms with E-state index in [2.05, 4.69) is 5.32 Å². The minimum absolute atomic E-state index is 0. The van der Waals surface area contributed by atoms with E-state index < -0.39 is 41.8 Å². The fourth-order valence-corrected chi connectivity index (χ4v) is 2.52. The maximum Gasteiger partial charge on any atom is 0.383 e. The second kappa shape index (κ2) is 8.06. The summed E-state index contributed by atoms with van der Waals surface area (Å²) in [5.74, 6) is -9.66. The van der Waals surface area contributed by atoms with Gasteiger partial charge in [-0.1, -0.05) is 6.07 Å². The highest BCUT2D eigenvalue weighted by Gasteiger charge is 2.50. The minimum atomic E-state index is -4.81. The molecule has 2 unspecified atom stereocenters. The molecule has 2 atom stereocenters. The Hall–Kier alpha value is -1.48. The molecule has 0 bridgehead atoms. The molecule has 10 heteroatoms. The van der Waals surface area contributed by atoms with Gasteiger partial charge < -0.3 is 10.6 Å². The first-order chi connectivity index (χ1) is 10.7. The quantitative estimate of drug-likeness (QED) is 0.793. The van der Waals surface area contributed by atoms with E-state index in [1.54, 1.807) is 0 Å². The van der Waals surface area contributed by atoms with Crippen molar-refractivity contribution in [2.24, 2.45) is 0 Å². The summed E-state index contributed by atoms with van der Waals surface area (Å²) in [6.07, 6.45) is -3.78. The van der Waals surface area contributed by atoms with Crippen LogP contribution in [0, 0.1) is 11.6 Å². The van der Waals surface area contributed by atoms with Gasteiger partial charge in [0.15, 0.2) is 11.6 Å². The zero-order valence-electron chi connectivity index (χ0n) is 12.2. The van der Waals surface area contributed by atoms with Crippen molar-refractivity contribution in [3.8, 4) is 0 Å². The van der Waals surface area contributed by atoms with Crippen LogP contribution >= 0.6 is 12.4 Å². The lowest BCUT2D eigenvalue weighted by atomic mass is 9.86. The molecule has 0 aromatic heterocycles. The Kier molecular flexibility index (Phi) is 6.91. The smallest absolute Gasteiger partial charge is 0.346 e. The molecule has 0 radical (unpaired) electrons. The molecule has 2 rings (SSSR count). The maximum absolute atomic E-state index is 13.3. The summed E-state index contributed by atoms with van der Waals surface area (Å²) in [5, 5.41) is 4.71. The van der Waals surface area contributed by atoms with Gasteiger partial charge in [0.2, 0.25) is 0 Å². The average molecular weight is 377 g/mol. The summed E-state index contributed by atoms with van der Waals surface area (Å²) in [6, 6.07) is 2.14. The van der Waals surface area contributed by atoms with E-state index in [0.717, 1.165) is 12.1 Å². The third-order valence-electron chi connectivity index (χ3n) is 3.75. The van der Waals surface area contributed by atoms with Crippen LogP contribution in [0.4, 0.5) is 26.3 Å². The number of carbonyl (C=O) groups is 1. The van der Waals surface area contributed by atoms with E-state index >= 15 is 0 Å². The SMILES string of the molecule is Cl.O=C(NC1CNCCC1c1ccc(F)c(F)c1)C(F)(F)C(F)F. The molecule has 1 heterocycles. The first-order valence-corrected chi connectivity index (χ1v) is 6.86. The van der Waals surface area contributed by atoms with Gasteiger partial charge in [-0.2, -0.15) is 8.78 Å². The van der Waals surface area contributed by atoms with Gasteiger partial charge >= 0.3 is 12.3 Å². The number of halogens is 7. The number of hydrogen-bond donors (Lipinski definition) is 2. The van der Waals surface area contributed by atoms with Crippen molar-refractivity contribution in [3.63, 3.8) is 0 Å². The molecular weight excluding hydrogens is 362 g/mol. The maximum atomic E-state index is 13.3. The summed E-state index contributed by atoms with van der Waals surface area (Å²) in [6.45, 7) is 0.510. The van der Waals surface area contributed by atoms with Crippen molar-refractivity contribution in [3.05, 3.63) is 35.4 Å². The lowest BCUT2D eigenvalue weighted by molar-refractivity contribution is -0.170. The fourth-order valence-electron chi connectivity index (χ4n) is 2.52. The van der Waals surface area contributed by atoms with Crippen molar-refractivity contribution in [1.82, 2.24) is 10.6 Å². The Morgan fingerprint density at radius 3 is 2.50 bits per heavy atom. The van der Waals surface area contributed by atoms with Crippen LogP contribution in [0.2, 0.25) is 0 Å². The molecule has 1 amide bonds. The van der Waals surface area contributed by atoms with Crippen LogP contribution in [0.15, 0.2) is 18.2 Å². The standard InChI is InChI=1S/C14H14F6N2O.ClH/c15-9-2-1-7(5-10(9)16)8-3-4-21-6-11(8)22-13(23)14(19,20)12(17)18;/h1-2,5,8,11-12,21H,3-4,6H2,(H,22,23);1H. The minimum Gasteiger partial charge on any atom is -0.346 e. The molecule has 3 nitrogen and oxygen atoms in total. The molecule has 136 valence electrons. The lowest BCUT2D eigenvalue weighted by Crippen LogP contribution is -2.55. The lowest BCUT2D eigenvalue weighted by Gasteiger charge is -2.34. The number of piperidine rings is 1. The number of carbonyl (C=O) groups excluding carboxylic acids is 1. The van der Waals surface area contributed by atoms with E-state index in [0.29, 0.717) is 18.5 Å². The molecule has 1 aromatic carbocycles. The summed E-state index contributed by atoms with van der Waals surface area (Å²) < 4.78 is 76.8. The second-order valence-corrected chi connectivity index (χ2v) is 5.28. The summed E-state index contributed by atoms with van der Waals surface area (Å²) in [7, 11) is 0. The Bertz CT molecular complexity index is 586. The Morgan fingerprint density at radius 1 is 1.25 bits per heavy atom. The zero-order valence-corrected chi connectivity index (χ0v) is 13.0. The molecule has 0 aliphatic carbocycles. The monoisotopic (exact) mass is 376 g/mol. The van der Waals surface area contributed by atoms with E-state index in [1.807, 2.05) is 5.32 Å². The van der Waals surface area contributed by atoms with Crippen molar-refractivity contribution < 1.29 is 31.1 Å². The number of benzene rings is 1. The van der Waals surface area contributed by atoms with Crippen molar-refractivity contribution in [1.29, 1.82) is 0 Å². The first-order valence-electron chi connectivity index (χ1n) is 6.86. The van der Waals surface area contributed by atoms with Gasteiger partial charge in [-0.05, 0) is 30.7 Å². The third-order valence-corrected chi connectivity index (χ3v) is 3.75. The summed E-state index contributed by atoms with van der Waals surface area (Å²) in [4.78, 5) is 11.4. The van der Waals surface area contributed by atoms with Crippen molar-refractivity contribution in [2.45, 2.75) is 30.7 Å². The predicted molar refractivity (Wildman–Crippen MR) is 76.7 cm³/mol. The van der Waals surface area contributed by atoms with E-state index in [9.17, 15) is 31.1 Å². The summed E-state index contributed by atoms with van der Waals surface area (Å²) >= 11 is 0. The van der Waals surface area contributed by atoms with Crippen LogP contribution in [0.25, 0.3) is 0 Å². The number of rotatable bonds is 4. The fraction of sp³-hybridized carbons (Fsp3) is 0.500. The van der Waals surface area contributed by atoms with E-state index in [-0.39, 0.29) is 19.0 Å². The Morgan fingerprint density at radius 2 is 1.92 bits per heavy atom. The number of hydrogen-bond acceptors (Lipinski definition) is 2. The van der Waals surface area contributed by atoms with Crippen LogP contribution in [0.3, 0.4) is 0 Å². The molecule has 2 N–H and O–H groups in total. The van der Waals surface area contributed by atoms with Crippen LogP contribution in [-0.2, 0) is 4.79 Å². The number of nitrogens with one attached hydrogen (secondary N) is 2. The molecule has 24 heavy (non-hydrogen) atoms. The molecule has 1 fully saturated rings. The van der Waals surface area contributed by atoms with Gasteiger partial charge in [0.05, 0.1) is 0 Å². The largest absolute Gasteiger partial charge is 0.383 e. The van der Waals surface area contributed by atoms with E-state index in [1.165, 1.54) is 6.07 Å². The van der Waals surface area contributed by atoms with Gasteiger partial charge in [0.25, 0.3) is 5.91 Å². The first kappa shape index (κ1) is 20.6. The van der Waals surface area contributed by atoms with Crippen LogP contribution in [-0.4, -0.2) is 37.4 Å². The Labute approximate surface area is 140 Å². The molecule has 1 aromatic rings. The van der Waals surface area contributed by atoms with Gasteiger partial charge in [0.1, 0.15) is 0 Å². The summed E-state index contributed by atoms with van der Waals surface area (Å²) in [5.41, 5.74) is 0.302. The zero-order chi connectivity index (χ0) is 17.2. The molecule has 1 aliphatic heterocycles. The van der Waals surface area contributed by atoms with Crippen molar-refractivity contribution >= 4 is 18.3 Å². The van der Waals surface area contributed by atoms with Crippen LogP contribution in [0.5, 0.6) is 0 Å². The van der Waals surface area contributed by atoms with Gasteiger partial charge in [-0.3, -0.25) is 4.79 Å². The third kappa shape index (κ3) is 4.32. The second-order valence-electron chi connectivity index (χ2n) is 5.28. The van der Waals surface area contributed by atoms with Gasteiger partial charge in [-0.25, -0.2) is 17.6 Å². The van der Waals surface area contributed by atoms with Gasteiger partial charge in [-0.15, -0.1) is 12.4 Å². The molecular formula is C14H15ClF6N2O. The molecule has 1 saturated heterocycles. The Balaban J connectivity index is 0.00000288. The highest BCUT2D eigenvalue weighted by Crippen LogP contribution is 2.29. The van der Waals surface area contributed by atoms with Crippen LogP contribution < -0.4 is 10.6 Å². The number of alkyl halides is 4. The van der Waals surface area contributed by atoms with Crippen molar-refractivity contribution in [2.75, 3.05) is 13.1 Å². The normalized spacial score (nSPS) is 21.3. The topological polar surface area (TPSA) is 41.1 Å². The average Bonchev–Trinajstić information content (AvgIpc) is 2.50. The molecule has 1 aliphatic rings. The predicted octanol–water partition coefficient (Wildman–Crippen LogP) is 2.85. The van der Waals surface area contributed by atoms with Crippen LogP contribution in [0.1, 0.15) is 17.9 Å². The molecule has 0 spiro atoms. The van der Waals surface area contributed by atoms with Gasteiger partial charge in [0, 0.05) is 18.5 Å². The van der Waals surface area contributed by atoms with E-state index in [4.69, 9.17) is 0 Å².